The monoisotopic (exact) mass is 422 g/mol. The van der Waals surface area contributed by atoms with Crippen LogP contribution in [0.5, 0.6) is 5.75 Å². The Balaban J connectivity index is 2.12. The fourth-order valence-electron chi connectivity index (χ4n) is 3.56. The third-order valence-corrected chi connectivity index (χ3v) is 5.03. The second-order valence-corrected chi connectivity index (χ2v) is 7.18. The average molecular weight is 422 g/mol. The summed E-state index contributed by atoms with van der Waals surface area (Å²) in [5.74, 6) is -1.86. The summed E-state index contributed by atoms with van der Waals surface area (Å²) in [4.78, 5) is 36.6. The van der Waals surface area contributed by atoms with Gasteiger partial charge in [0.2, 0.25) is 0 Å². The number of aryl methyl sites for hydroxylation is 1. The van der Waals surface area contributed by atoms with Crippen LogP contribution in [0, 0.1) is 17.0 Å². The molecule has 8 nitrogen and oxygen atoms in total. The van der Waals surface area contributed by atoms with Crippen LogP contribution in [0.25, 0.3) is 0 Å². The highest BCUT2D eigenvalue weighted by Gasteiger charge is 2.38. The van der Waals surface area contributed by atoms with Crippen molar-refractivity contribution in [1.82, 2.24) is 5.32 Å². The number of non-ortho nitro benzene ring substituents is 1. The standard InChI is InChI=1S/C23H22N2O6/c1-13-8-10-18(11-9-13)31-23(27)20-15(3)24-14(2)19(22(26)30-4)21(20)16-6-5-7-17(12-16)25(28)29/h5-12,21,24H,1-4H3. The van der Waals surface area contributed by atoms with E-state index in [4.69, 9.17) is 9.47 Å². The summed E-state index contributed by atoms with van der Waals surface area (Å²) in [6, 6.07) is 12.8. The Morgan fingerprint density at radius 3 is 2.16 bits per heavy atom. The van der Waals surface area contributed by atoms with Gasteiger partial charge in [0.1, 0.15) is 5.75 Å². The second kappa shape index (κ2) is 8.83. The van der Waals surface area contributed by atoms with Gasteiger partial charge in [-0.1, -0.05) is 29.8 Å². The van der Waals surface area contributed by atoms with Crippen LogP contribution >= 0.6 is 0 Å². The number of methoxy groups -OCH3 is 1. The largest absolute Gasteiger partial charge is 0.466 e. The van der Waals surface area contributed by atoms with Crippen LogP contribution in [0.2, 0.25) is 0 Å². The molecule has 3 rings (SSSR count). The van der Waals surface area contributed by atoms with Crippen LogP contribution < -0.4 is 10.1 Å². The summed E-state index contributed by atoms with van der Waals surface area (Å²) in [5.41, 5.74) is 2.60. The van der Waals surface area contributed by atoms with Gasteiger partial charge in [0, 0.05) is 23.5 Å². The lowest BCUT2D eigenvalue weighted by Gasteiger charge is -2.30. The van der Waals surface area contributed by atoms with Crippen molar-refractivity contribution in [2.45, 2.75) is 26.7 Å². The Morgan fingerprint density at radius 2 is 1.58 bits per heavy atom. The highest BCUT2D eigenvalue weighted by atomic mass is 16.6. The van der Waals surface area contributed by atoms with Gasteiger partial charge in [-0.15, -0.1) is 0 Å². The molecule has 31 heavy (non-hydrogen) atoms. The molecule has 0 bridgehead atoms. The van der Waals surface area contributed by atoms with Crippen molar-refractivity contribution < 1.29 is 24.0 Å². The van der Waals surface area contributed by atoms with Crippen LogP contribution in [0.1, 0.15) is 30.9 Å². The minimum absolute atomic E-state index is 0.151. The summed E-state index contributed by atoms with van der Waals surface area (Å²) < 4.78 is 10.5. The van der Waals surface area contributed by atoms with Crippen molar-refractivity contribution >= 4 is 17.6 Å². The first-order valence-electron chi connectivity index (χ1n) is 9.53. The van der Waals surface area contributed by atoms with Crippen molar-refractivity contribution in [3.05, 3.63) is 92.3 Å². The molecule has 0 saturated heterocycles. The zero-order chi connectivity index (χ0) is 22.7. The van der Waals surface area contributed by atoms with E-state index in [2.05, 4.69) is 5.32 Å². The smallest absolute Gasteiger partial charge is 0.342 e. The number of nitrogens with zero attached hydrogens (tertiary/aromatic N) is 1. The Labute approximate surface area is 179 Å². The number of carbonyl (C=O) groups is 2. The maximum absolute atomic E-state index is 13.2. The number of allylic oxidation sites excluding steroid dienone is 2. The maximum atomic E-state index is 13.2. The molecule has 1 aliphatic heterocycles. The molecule has 0 saturated carbocycles. The number of esters is 2. The van der Waals surface area contributed by atoms with Gasteiger partial charge >= 0.3 is 11.9 Å². The van der Waals surface area contributed by atoms with Gasteiger partial charge in [-0.2, -0.15) is 0 Å². The molecular weight excluding hydrogens is 400 g/mol. The zero-order valence-electron chi connectivity index (χ0n) is 17.6. The molecule has 1 heterocycles. The summed E-state index contributed by atoms with van der Waals surface area (Å²) in [6.07, 6.45) is 0. The Kier molecular flexibility index (Phi) is 6.20. The molecule has 1 unspecified atom stereocenters. The van der Waals surface area contributed by atoms with E-state index in [9.17, 15) is 19.7 Å². The van der Waals surface area contributed by atoms with Crippen molar-refractivity contribution in [3.8, 4) is 5.75 Å². The van der Waals surface area contributed by atoms with Gasteiger partial charge in [-0.05, 0) is 38.5 Å². The van der Waals surface area contributed by atoms with Crippen molar-refractivity contribution in [1.29, 1.82) is 0 Å². The SMILES string of the molecule is COC(=O)C1=C(C)NC(C)=C(C(=O)Oc2ccc(C)cc2)C1c1cccc([N+](=O)[O-])c1. The number of ether oxygens (including phenoxy) is 2. The third kappa shape index (κ3) is 4.48. The number of rotatable bonds is 5. The van der Waals surface area contributed by atoms with Gasteiger partial charge in [0.15, 0.2) is 0 Å². The van der Waals surface area contributed by atoms with Crippen LogP contribution in [-0.4, -0.2) is 24.0 Å². The average Bonchev–Trinajstić information content (AvgIpc) is 2.74. The van der Waals surface area contributed by atoms with Crippen LogP contribution in [0.3, 0.4) is 0 Å². The molecule has 0 fully saturated rings. The van der Waals surface area contributed by atoms with E-state index in [1.165, 1.54) is 25.3 Å². The van der Waals surface area contributed by atoms with Crippen LogP contribution in [0.4, 0.5) is 5.69 Å². The number of carbonyl (C=O) groups excluding carboxylic acids is 2. The first-order chi connectivity index (χ1) is 14.7. The quantitative estimate of drug-likeness (QED) is 0.337. The number of hydrogen-bond donors (Lipinski definition) is 1. The number of hydrogen-bond acceptors (Lipinski definition) is 7. The van der Waals surface area contributed by atoms with Gasteiger partial charge in [-0.3, -0.25) is 10.1 Å². The molecule has 0 aliphatic carbocycles. The lowest BCUT2D eigenvalue weighted by Crippen LogP contribution is -2.33. The van der Waals surface area contributed by atoms with E-state index in [-0.39, 0.29) is 16.8 Å². The number of dihydropyridines is 1. The minimum Gasteiger partial charge on any atom is -0.466 e. The van der Waals surface area contributed by atoms with E-state index < -0.39 is 22.8 Å². The predicted octanol–water partition coefficient (Wildman–Crippen LogP) is 3.92. The maximum Gasteiger partial charge on any atom is 0.342 e. The van der Waals surface area contributed by atoms with Crippen LogP contribution in [-0.2, 0) is 14.3 Å². The van der Waals surface area contributed by atoms with E-state index in [0.29, 0.717) is 22.7 Å². The third-order valence-electron chi connectivity index (χ3n) is 5.03. The summed E-state index contributed by atoms with van der Waals surface area (Å²) >= 11 is 0. The lowest BCUT2D eigenvalue weighted by atomic mass is 9.80. The number of nitrogens with one attached hydrogen (secondary N) is 1. The second-order valence-electron chi connectivity index (χ2n) is 7.18. The van der Waals surface area contributed by atoms with Gasteiger partial charge in [0.05, 0.1) is 29.1 Å². The normalized spacial score (nSPS) is 15.9. The molecule has 0 radical (unpaired) electrons. The van der Waals surface area contributed by atoms with Crippen LogP contribution in [0.15, 0.2) is 71.1 Å². The molecule has 1 atom stereocenters. The molecule has 2 aromatic carbocycles. The minimum atomic E-state index is -0.897. The van der Waals surface area contributed by atoms with Crippen molar-refractivity contribution in [2.24, 2.45) is 0 Å². The van der Waals surface area contributed by atoms with E-state index in [0.717, 1.165) is 5.56 Å². The van der Waals surface area contributed by atoms with Gasteiger partial charge in [-0.25, -0.2) is 9.59 Å². The first-order valence-corrected chi connectivity index (χ1v) is 9.53. The Bertz CT molecular complexity index is 1120. The number of benzene rings is 2. The molecule has 0 amide bonds. The fourth-order valence-corrected chi connectivity index (χ4v) is 3.56. The zero-order valence-corrected chi connectivity index (χ0v) is 17.6. The van der Waals surface area contributed by atoms with Gasteiger partial charge < -0.3 is 14.8 Å². The molecule has 0 aromatic heterocycles. The number of nitro benzene ring substituents is 1. The van der Waals surface area contributed by atoms with Crippen molar-refractivity contribution in [2.75, 3.05) is 7.11 Å². The Morgan fingerprint density at radius 1 is 0.968 bits per heavy atom. The van der Waals surface area contributed by atoms with E-state index in [1.807, 2.05) is 19.1 Å². The number of nitro groups is 1. The molecule has 1 aliphatic rings. The highest BCUT2D eigenvalue weighted by Crippen LogP contribution is 2.40. The molecular formula is C23H22N2O6. The summed E-state index contributed by atoms with van der Waals surface area (Å²) in [5, 5.41) is 14.3. The fraction of sp³-hybridized carbons (Fsp3) is 0.217. The topological polar surface area (TPSA) is 108 Å². The van der Waals surface area contributed by atoms with E-state index in [1.54, 1.807) is 32.0 Å². The molecule has 160 valence electrons. The molecule has 2 aromatic rings. The highest BCUT2D eigenvalue weighted by molar-refractivity contribution is 6.00. The van der Waals surface area contributed by atoms with Crippen molar-refractivity contribution in [3.63, 3.8) is 0 Å². The summed E-state index contributed by atoms with van der Waals surface area (Å²) in [6.45, 7) is 5.29. The molecule has 0 spiro atoms. The first kappa shape index (κ1) is 21.8. The van der Waals surface area contributed by atoms with E-state index >= 15 is 0 Å². The predicted molar refractivity (Wildman–Crippen MR) is 113 cm³/mol. The lowest BCUT2D eigenvalue weighted by molar-refractivity contribution is -0.384. The molecule has 8 heteroatoms. The Hall–Kier alpha value is -3.94. The summed E-state index contributed by atoms with van der Waals surface area (Å²) in [7, 11) is 1.24. The van der Waals surface area contributed by atoms with Gasteiger partial charge in [0.25, 0.3) is 5.69 Å². The molecule has 1 N–H and O–H groups in total.